The number of ketones is 1. The number of nitrogens with one attached hydrogen (secondary N) is 1. The summed E-state index contributed by atoms with van der Waals surface area (Å²) in [4.78, 5) is 16.2. The molecule has 0 bridgehead atoms. The first kappa shape index (κ1) is 12.8. The van der Waals surface area contributed by atoms with Crippen LogP contribution in [0.2, 0.25) is 0 Å². The van der Waals surface area contributed by atoms with Gasteiger partial charge >= 0.3 is 0 Å². The zero-order chi connectivity index (χ0) is 14.3. The van der Waals surface area contributed by atoms with Crippen LogP contribution in [0.5, 0.6) is 0 Å². The molecule has 3 rings (SSSR count). The lowest BCUT2D eigenvalue weighted by molar-refractivity contribution is -0.130. The monoisotopic (exact) mass is 272 g/mol. The van der Waals surface area contributed by atoms with Crippen molar-refractivity contribution in [2.75, 3.05) is 5.32 Å². The van der Waals surface area contributed by atoms with Crippen LogP contribution in [0.3, 0.4) is 0 Å². The lowest BCUT2D eigenvalue weighted by Gasteiger charge is -2.42. The molecule has 0 spiro atoms. The molecule has 2 aromatic rings. The van der Waals surface area contributed by atoms with Gasteiger partial charge in [0.05, 0.1) is 12.0 Å². The van der Waals surface area contributed by atoms with Crippen LogP contribution in [-0.2, 0) is 4.79 Å². The second kappa shape index (κ2) is 4.42. The highest BCUT2D eigenvalue weighted by molar-refractivity contribution is 5.81. The summed E-state index contributed by atoms with van der Waals surface area (Å²) < 4.78 is 1.65. The largest absolute Gasteiger partial charge is 0.370 e. The molecule has 2 N–H and O–H groups in total. The number of anilines is 1. The summed E-state index contributed by atoms with van der Waals surface area (Å²) in [6.45, 7) is 3.08. The standard InChI is InChI=1S/C14H16N4O2/c1-9(19)11-12(10-6-4-3-5-7-10)18-13(15-8-16-18)17-14(11,2)20/h3-8,11-12,20H,1-2H3,(H,15,16,17). The molecule has 0 radical (unpaired) electrons. The Morgan fingerprint density at radius 3 is 2.75 bits per heavy atom. The molecular formula is C14H16N4O2. The first-order valence-corrected chi connectivity index (χ1v) is 6.46. The number of carbonyl (C=O) groups is 1. The number of nitrogens with zero attached hydrogens (tertiary/aromatic N) is 3. The third-order valence-electron chi connectivity index (χ3n) is 3.70. The lowest BCUT2D eigenvalue weighted by Crippen LogP contribution is -2.54. The van der Waals surface area contributed by atoms with E-state index in [0.29, 0.717) is 5.95 Å². The van der Waals surface area contributed by atoms with Crippen molar-refractivity contribution in [1.29, 1.82) is 0 Å². The normalized spacial score (nSPS) is 28.6. The molecular weight excluding hydrogens is 256 g/mol. The average molecular weight is 272 g/mol. The maximum absolute atomic E-state index is 12.1. The highest BCUT2D eigenvalue weighted by atomic mass is 16.3. The quantitative estimate of drug-likeness (QED) is 0.859. The van der Waals surface area contributed by atoms with Gasteiger partial charge in [-0.15, -0.1) is 0 Å². The zero-order valence-corrected chi connectivity index (χ0v) is 11.3. The van der Waals surface area contributed by atoms with Crippen molar-refractivity contribution < 1.29 is 9.90 Å². The summed E-state index contributed by atoms with van der Waals surface area (Å²) in [6, 6.07) is 9.19. The number of rotatable bonds is 2. The predicted octanol–water partition coefficient (Wildman–Crippen LogP) is 1.21. The predicted molar refractivity (Wildman–Crippen MR) is 73.0 cm³/mol. The van der Waals surface area contributed by atoms with Gasteiger partial charge in [-0.25, -0.2) is 4.68 Å². The minimum Gasteiger partial charge on any atom is -0.370 e. The molecule has 1 aromatic heterocycles. The number of carbonyl (C=O) groups excluding carboxylic acids is 1. The van der Waals surface area contributed by atoms with Crippen LogP contribution in [0.25, 0.3) is 0 Å². The van der Waals surface area contributed by atoms with Crippen LogP contribution >= 0.6 is 0 Å². The van der Waals surface area contributed by atoms with Gasteiger partial charge in [-0.2, -0.15) is 10.1 Å². The van der Waals surface area contributed by atoms with Crippen molar-refractivity contribution in [1.82, 2.24) is 14.8 Å². The number of hydrogen-bond donors (Lipinski definition) is 2. The van der Waals surface area contributed by atoms with Gasteiger partial charge in [0.25, 0.3) is 0 Å². The van der Waals surface area contributed by atoms with Crippen LogP contribution in [0.15, 0.2) is 36.7 Å². The van der Waals surface area contributed by atoms with E-state index in [4.69, 9.17) is 0 Å². The summed E-state index contributed by atoms with van der Waals surface area (Å²) in [5.41, 5.74) is -0.448. The number of benzene rings is 1. The molecule has 1 aliphatic rings. The topological polar surface area (TPSA) is 80.0 Å². The van der Waals surface area contributed by atoms with Crippen LogP contribution in [0, 0.1) is 5.92 Å². The SMILES string of the molecule is CC(=O)C1C(c2ccccc2)n2ncnc2NC1(C)O. The van der Waals surface area contributed by atoms with E-state index < -0.39 is 11.6 Å². The van der Waals surface area contributed by atoms with Gasteiger partial charge in [-0.1, -0.05) is 30.3 Å². The molecule has 0 fully saturated rings. The Labute approximate surface area is 116 Å². The molecule has 1 aliphatic heterocycles. The van der Waals surface area contributed by atoms with Crippen molar-refractivity contribution in [3.05, 3.63) is 42.2 Å². The number of aromatic nitrogens is 3. The maximum Gasteiger partial charge on any atom is 0.223 e. The van der Waals surface area contributed by atoms with E-state index in [9.17, 15) is 9.90 Å². The Kier molecular flexibility index (Phi) is 2.83. The van der Waals surface area contributed by atoms with Gasteiger partial charge in [0, 0.05) is 0 Å². The smallest absolute Gasteiger partial charge is 0.223 e. The Morgan fingerprint density at radius 2 is 2.10 bits per heavy atom. The number of Topliss-reactive ketones (excluding diaryl/α,β-unsaturated/α-hetero) is 1. The van der Waals surface area contributed by atoms with E-state index in [0.717, 1.165) is 5.56 Å². The van der Waals surface area contributed by atoms with E-state index in [1.54, 1.807) is 11.6 Å². The van der Waals surface area contributed by atoms with Gasteiger partial charge < -0.3 is 10.4 Å². The molecule has 3 unspecified atom stereocenters. The van der Waals surface area contributed by atoms with Crippen molar-refractivity contribution in [2.45, 2.75) is 25.6 Å². The molecule has 6 nitrogen and oxygen atoms in total. The van der Waals surface area contributed by atoms with Crippen molar-refractivity contribution >= 4 is 11.7 Å². The van der Waals surface area contributed by atoms with Crippen LogP contribution in [-0.4, -0.2) is 31.4 Å². The van der Waals surface area contributed by atoms with Crippen molar-refractivity contribution in [3.8, 4) is 0 Å². The number of hydrogen-bond acceptors (Lipinski definition) is 5. The van der Waals surface area contributed by atoms with E-state index >= 15 is 0 Å². The minimum absolute atomic E-state index is 0.0995. The molecule has 20 heavy (non-hydrogen) atoms. The van der Waals surface area contributed by atoms with Gasteiger partial charge in [0.1, 0.15) is 17.8 Å². The number of aliphatic hydroxyl groups is 1. The molecule has 0 saturated heterocycles. The van der Waals surface area contributed by atoms with Crippen LogP contribution in [0.1, 0.15) is 25.5 Å². The van der Waals surface area contributed by atoms with Gasteiger partial charge in [-0.05, 0) is 19.4 Å². The molecule has 1 aromatic carbocycles. The fourth-order valence-corrected chi connectivity index (χ4v) is 2.90. The third kappa shape index (κ3) is 1.89. The van der Waals surface area contributed by atoms with Crippen LogP contribution in [0.4, 0.5) is 5.95 Å². The highest BCUT2D eigenvalue weighted by Gasteiger charge is 2.48. The van der Waals surface area contributed by atoms with Gasteiger partial charge in [0.2, 0.25) is 5.95 Å². The molecule has 0 amide bonds. The van der Waals surface area contributed by atoms with E-state index in [2.05, 4.69) is 15.4 Å². The first-order chi connectivity index (χ1) is 9.50. The summed E-state index contributed by atoms with van der Waals surface area (Å²) in [7, 11) is 0. The Balaban J connectivity index is 2.19. The Morgan fingerprint density at radius 1 is 1.40 bits per heavy atom. The maximum atomic E-state index is 12.1. The van der Waals surface area contributed by atoms with Gasteiger partial charge in [0.15, 0.2) is 0 Å². The zero-order valence-electron chi connectivity index (χ0n) is 11.3. The number of fused-ring (bicyclic) bond motifs is 1. The second-order valence-corrected chi connectivity index (χ2v) is 5.24. The summed E-state index contributed by atoms with van der Waals surface area (Å²) in [5, 5.41) is 17.7. The highest BCUT2D eigenvalue weighted by Crippen LogP contribution is 2.40. The fourth-order valence-electron chi connectivity index (χ4n) is 2.90. The molecule has 0 aliphatic carbocycles. The second-order valence-electron chi connectivity index (χ2n) is 5.24. The molecule has 104 valence electrons. The molecule has 3 atom stereocenters. The lowest BCUT2D eigenvalue weighted by atomic mass is 9.81. The minimum atomic E-state index is -1.37. The van der Waals surface area contributed by atoms with E-state index in [-0.39, 0.29) is 11.8 Å². The average Bonchev–Trinajstić information content (AvgIpc) is 2.83. The first-order valence-electron chi connectivity index (χ1n) is 6.46. The van der Waals surface area contributed by atoms with Crippen molar-refractivity contribution in [3.63, 3.8) is 0 Å². The van der Waals surface area contributed by atoms with E-state index in [1.807, 2.05) is 30.3 Å². The third-order valence-corrected chi connectivity index (χ3v) is 3.70. The van der Waals surface area contributed by atoms with Crippen molar-refractivity contribution in [2.24, 2.45) is 5.92 Å². The Hall–Kier alpha value is -2.21. The molecule has 2 heterocycles. The van der Waals surface area contributed by atoms with Gasteiger partial charge in [-0.3, -0.25) is 4.79 Å². The van der Waals surface area contributed by atoms with Crippen LogP contribution < -0.4 is 5.32 Å². The summed E-state index contributed by atoms with van der Waals surface area (Å²) in [6.07, 6.45) is 1.41. The molecule has 0 saturated carbocycles. The fraction of sp³-hybridized carbons (Fsp3) is 0.357. The Bertz CT molecular complexity index is 636. The van der Waals surface area contributed by atoms with E-state index in [1.165, 1.54) is 13.3 Å². The summed E-state index contributed by atoms with van der Waals surface area (Å²) >= 11 is 0. The summed E-state index contributed by atoms with van der Waals surface area (Å²) in [5.74, 6) is -0.280. The molecule has 6 heteroatoms.